The molecule has 0 saturated carbocycles. The van der Waals surface area contributed by atoms with Crippen molar-refractivity contribution in [2.75, 3.05) is 12.4 Å². The Labute approximate surface area is 150 Å². The Bertz CT molecular complexity index is 855. The summed E-state index contributed by atoms with van der Waals surface area (Å²) >= 11 is 1.61. The first-order chi connectivity index (χ1) is 12.3. The predicted molar refractivity (Wildman–Crippen MR) is 96.3 cm³/mol. The molecule has 0 aliphatic heterocycles. The van der Waals surface area contributed by atoms with E-state index in [0.29, 0.717) is 12.2 Å². The van der Waals surface area contributed by atoms with Crippen molar-refractivity contribution in [1.82, 2.24) is 19.7 Å². The zero-order valence-electron chi connectivity index (χ0n) is 13.8. The molecular weight excluding hydrogens is 334 g/mol. The van der Waals surface area contributed by atoms with E-state index in [-0.39, 0.29) is 0 Å². The average molecular weight is 351 g/mol. The minimum Gasteiger partial charge on any atom is -0.493 e. The van der Waals surface area contributed by atoms with Crippen molar-refractivity contribution >= 4 is 11.8 Å². The van der Waals surface area contributed by atoms with Gasteiger partial charge in [0.05, 0.1) is 18.2 Å². The zero-order valence-corrected chi connectivity index (χ0v) is 14.6. The number of ether oxygens (including phenoxy) is 1. The van der Waals surface area contributed by atoms with Gasteiger partial charge in [-0.25, -0.2) is 0 Å². The second-order valence-electron chi connectivity index (χ2n) is 5.12. The van der Waals surface area contributed by atoms with Gasteiger partial charge in [0.1, 0.15) is 5.75 Å². The van der Waals surface area contributed by atoms with Crippen molar-refractivity contribution in [3.05, 3.63) is 54.4 Å². The molecule has 7 heteroatoms. The number of aromatic nitrogens is 4. The molecule has 126 valence electrons. The van der Waals surface area contributed by atoms with Gasteiger partial charge in [0.15, 0.2) is 11.0 Å². The molecule has 0 N–H and O–H groups in total. The first-order valence-electron chi connectivity index (χ1n) is 7.91. The number of thioether (sulfide) groups is 1. The van der Waals surface area contributed by atoms with E-state index >= 15 is 0 Å². The van der Waals surface area contributed by atoms with Gasteiger partial charge in [0.2, 0.25) is 0 Å². The highest BCUT2D eigenvalue weighted by molar-refractivity contribution is 7.99. The molecule has 6 nitrogen and oxygen atoms in total. The largest absolute Gasteiger partial charge is 0.493 e. The number of pyridine rings is 1. The lowest BCUT2D eigenvalue weighted by Gasteiger charge is -2.08. The molecule has 25 heavy (non-hydrogen) atoms. The van der Waals surface area contributed by atoms with Gasteiger partial charge in [0.25, 0.3) is 0 Å². The van der Waals surface area contributed by atoms with E-state index in [0.717, 1.165) is 34.6 Å². The lowest BCUT2D eigenvalue weighted by atomic mass is 10.2. The highest BCUT2D eigenvalue weighted by atomic mass is 32.2. The molecule has 0 unspecified atom stereocenters. The smallest absolute Gasteiger partial charge is 0.191 e. The summed E-state index contributed by atoms with van der Waals surface area (Å²) in [5.41, 5.74) is 1.63. The lowest BCUT2D eigenvalue weighted by Crippen LogP contribution is -2.03. The van der Waals surface area contributed by atoms with Crippen LogP contribution in [0.15, 0.2) is 53.9 Å². The molecule has 0 spiro atoms. The Balaban J connectivity index is 1.58. The third-order valence-corrected chi connectivity index (χ3v) is 4.47. The predicted octanol–water partition coefficient (Wildman–Crippen LogP) is 3.40. The van der Waals surface area contributed by atoms with E-state index < -0.39 is 0 Å². The van der Waals surface area contributed by atoms with Crippen molar-refractivity contribution in [3.8, 4) is 23.2 Å². The normalized spacial score (nSPS) is 10.4. The van der Waals surface area contributed by atoms with E-state index in [1.54, 1.807) is 48.4 Å². The third kappa shape index (κ3) is 4.17. The molecule has 0 radical (unpaired) electrons. The lowest BCUT2D eigenvalue weighted by molar-refractivity contribution is 0.344. The molecule has 3 rings (SSSR count). The standard InChI is InChI=1S/C18H17N5OS/c1-2-23-17(15-7-9-20-10-8-15)21-22-18(23)25-12-11-24-16-5-3-14(13-19)4-6-16/h3-10H,2,11-12H2,1H3. The molecule has 0 bridgehead atoms. The zero-order chi connectivity index (χ0) is 17.5. The van der Waals surface area contributed by atoms with Gasteiger partial charge in [-0.3, -0.25) is 4.98 Å². The Morgan fingerprint density at radius 1 is 1.12 bits per heavy atom. The van der Waals surface area contributed by atoms with Crippen LogP contribution in [0.1, 0.15) is 12.5 Å². The Hall–Kier alpha value is -2.85. The molecule has 2 heterocycles. The maximum Gasteiger partial charge on any atom is 0.191 e. The summed E-state index contributed by atoms with van der Waals surface area (Å²) in [6.07, 6.45) is 3.50. The second kappa shape index (κ2) is 8.31. The summed E-state index contributed by atoms with van der Waals surface area (Å²) in [7, 11) is 0. The van der Waals surface area contributed by atoms with Gasteiger partial charge in [-0.1, -0.05) is 11.8 Å². The highest BCUT2D eigenvalue weighted by Gasteiger charge is 2.12. The van der Waals surface area contributed by atoms with Gasteiger partial charge in [-0.2, -0.15) is 5.26 Å². The summed E-state index contributed by atoms with van der Waals surface area (Å²) in [4.78, 5) is 4.04. The van der Waals surface area contributed by atoms with E-state index in [1.807, 2.05) is 12.1 Å². The van der Waals surface area contributed by atoms with Crippen LogP contribution in [0.4, 0.5) is 0 Å². The molecule has 0 amide bonds. The Morgan fingerprint density at radius 2 is 1.88 bits per heavy atom. The van der Waals surface area contributed by atoms with E-state index in [4.69, 9.17) is 10.00 Å². The van der Waals surface area contributed by atoms with Crippen LogP contribution in [-0.4, -0.2) is 32.1 Å². The van der Waals surface area contributed by atoms with Crippen LogP contribution in [-0.2, 0) is 6.54 Å². The van der Waals surface area contributed by atoms with Crippen molar-refractivity contribution in [2.24, 2.45) is 0 Å². The van der Waals surface area contributed by atoms with Crippen LogP contribution in [0.5, 0.6) is 5.75 Å². The van der Waals surface area contributed by atoms with Gasteiger partial charge < -0.3 is 9.30 Å². The van der Waals surface area contributed by atoms with Crippen LogP contribution in [0.2, 0.25) is 0 Å². The minimum absolute atomic E-state index is 0.553. The fraction of sp³-hybridized carbons (Fsp3) is 0.222. The van der Waals surface area contributed by atoms with E-state index in [9.17, 15) is 0 Å². The molecule has 2 aromatic heterocycles. The summed E-state index contributed by atoms with van der Waals surface area (Å²) < 4.78 is 7.78. The molecule has 1 aromatic carbocycles. The number of rotatable bonds is 7. The highest BCUT2D eigenvalue weighted by Crippen LogP contribution is 2.23. The first kappa shape index (κ1) is 17.0. The van der Waals surface area contributed by atoms with Crippen molar-refractivity contribution < 1.29 is 4.74 Å². The van der Waals surface area contributed by atoms with Crippen LogP contribution in [0.3, 0.4) is 0 Å². The van der Waals surface area contributed by atoms with Crippen LogP contribution >= 0.6 is 11.8 Å². The first-order valence-corrected chi connectivity index (χ1v) is 8.89. The topological polar surface area (TPSA) is 76.6 Å². The van der Waals surface area contributed by atoms with E-state index in [1.165, 1.54) is 0 Å². The fourth-order valence-corrected chi connectivity index (χ4v) is 3.13. The summed E-state index contributed by atoms with van der Waals surface area (Å²) in [6, 6.07) is 13.1. The number of benzene rings is 1. The van der Waals surface area contributed by atoms with Crippen LogP contribution in [0, 0.1) is 11.3 Å². The summed E-state index contributed by atoms with van der Waals surface area (Å²) in [6.45, 7) is 3.42. The number of hydrogen-bond donors (Lipinski definition) is 0. The fourth-order valence-electron chi connectivity index (χ4n) is 2.31. The van der Waals surface area contributed by atoms with Gasteiger partial charge in [-0.05, 0) is 43.3 Å². The number of hydrogen-bond acceptors (Lipinski definition) is 6. The van der Waals surface area contributed by atoms with Crippen LogP contribution < -0.4 is 4.74 Å². The summed E-state index contributed by atoms with van der Waals surface area (Å²) in [5.74, 6) is 2.36. The monoisotopic (exact) mass is 351 g/mol. The van der Waals surface area contributed by atoms with Crippen molar-refractivity contribution in [3.63, 3.8) is 0 Å². The van der Waals surface area contributed by atoms with Gasteiger partial charge in [-0.15, -0.1) is 10.2 Å². The Kier molecular flexibility index (Phi) is 5.65. The molecule has 0 saturated heterocycles. The Morgan fingerprint density at radius 3 is 2.56 bits per heavy atom. The van der Waals surface area contributed by atoms with Crippen molar-refractivity contribution in [1.29, 1.82) is 5.26 Å². The molecule has 3 aromatic rings. The van der Waals surface area contributed by atoms with Gasteiger partial charge >= 0.3 is 0 Å². The van der Waals surface area contributed by atoms with E-state index in [2.05, 4.69) is 32.7 Å². The quantitative estimate of drug-likeness (QED) is 0.480. The second-order valence-corrected chi connectivity index (χ2v) is 6.18. The van der Waals surface area contributed by atoms with Gasteiger partial charge in [0, 0.05) is 30.3 Å². The maximum absolute atomic E-state index is 8.79. The maximum atomic E-state index is 8.79. The van der Waals surface area contributed by atoms with Crippen molar-refractivity contribution in [2.45, 2.75) is 18.6 Å². The van der Waals surface area contributed by atoms with Crippen LogP contribution in [0.25, 0.3) is 11.4 Å². The SMILES string of the molecule is CCn1c(SCCOc2ccc(C#N)cc2)nnc1-c1ccncc1. The minimum atomic E-state index is 0.553. The number of nitrogens with zero attached hydrogens (tertiary/aromatic N) is 5. The molecule has 0 aliphatic carbocycles. The average Bonchev–Trinajstić information content (AvgIpc) is 3.09. The molecule has 0 atom stereocenters. The third-order valence-electron chi connectivity index (χ3n) is 3.54. The molecule has 0 fully saturated rings. The molecule has 0 aliphatic rings. The molecular formula is C18H17N5OS. The number of nitriles is 1. The summed E-state index contributed by atoms with van der Waals surface area (Å²) in [5, 5.41) is 18.3.